The fourth-order valence-corrected chi connectivity index (χ4v) is 2.27. The van der Waals surface area contributed by atoms with Crippen molar-refractivity contribution in [2.75, 3.05) is 11.4 Å². The Balaban J connectivity index is 2.19. The highest BCUT2D eigenvalue weighted by Gasteiger charge is 2.06. The summed E-state index contributed by atoms with van der Waals surface area (Å²) >= 11 is 3.60. The minimum atomic E-state index is 0.932. The van der Waals surface area contributed by atoms with E-state index in [4.69, 9.17) is 0 Å². The van der Waals surface area contributed by atoms with Gasteiger partial charge in [-0.25, -0.2) is 0 Å². The second kappa shape index (κ2) is 5.87. The molecule has 0 amide bonds. The van der Waals surface area contributed by atoms with Crippen LogP contribution in [0.5, 0.6) is 0 Å². The van der Waals surface area contributed by atoms with Crippen LogP contribution in [0, 0.1) is 0 Å². The molecule has 0 atom stereocenters. The van der Waals surface area contributed by atoms with E-state index in [9.17, 15) is 0 Å². The van der Waals surface area contributed by atoms with Gasteiger partial charge in [-0.3, -0.25) is 0 Å². The van der Waals surface area contributed by atoms with Crippen molar-refractivity contribution in [3.05, 3.63) is 64.6 Å². The van der Waals surface area contributed by atoms with Gasteiger partial charge in [-0.2, -0.15) is 0 Å². The molecular weight excluding hydrogens is 274 g/mol. The Labute approximate surface area is 111 Å². The minimum Gasteiger partial charge on any atom is -0.367 e. The van der Waals surface area contributed by atoms with E-state index < -0.39 is 0 Å². The van der Waals surface area contributed by atoms with Crippen molar-refractivity contribution >= 4 is 21.6 Å². The highest BCUT2D eigenvalue weighted by Crippen LogP contribution is 2.21. The molecule has 0 saturated heterocycles. The van der Waals surface area contributed by atoms with Crippen LogP contribution >= 0.6 is 15.9 Å². The standard InChI is InChI=1S/C15H16BrN/c1-2-17(14-9-4-3-5-10-14)12-13-8-6-7-11-15(13)16/h3-11H,2,12H2,1H3. The summed E-state index contributed by atoms with van der Waals surface area (Å²) in [4.78, 5) is 2.36. The van der Waals surface area contributed by atoms with Crippen molar-refractivity contribution < 1.29 is 0 Å². The first kappa shape index (κ1) is 12.2. The number of rotatable bonds is 4. The molecule has 0 aliphatic heterocycles. The summed E-state index contributed by atoms with van der Waals surface area (Å²) < 4.78 is 1.18. The van der Waals surface area contributed by atoms with Crippen LogP contribution in [0.4, 0.5) is 5.69 Å². The lowest BCUT2D eigenvalue weighted by molar-refractivity contribution is 0.829. The van der Waals surface area contributed by atoms with E-state index in [1.165, 1.54) is 15.7 Å². The lowest BCUT2D eigenvalue weighted by atomic mass is 10.2. The third-order valence-corrected chi connectivity index (χ3v) is 3.60. The molecule has 1 nitrogen and oxygen atoms in total. The molecule has 0 heterocycles. The predicted octanol–water partition coefficient (Wildman–Crippen LogP) is 4.48. The number of hydrogen-bond acceptors (Lipinski definition) is 1. The third-order valence-electron chi connectivity index (χ3n) is 2.82. The highest BCUT2D eigenvalue weighted by atomic mass is 79.9. The van der Waals surface area contributed by atoms with Crippen molar-refractivity contribution in [2.24, 2.45) is 0 Å². The normalized spacial score (nSPS) is 10.2. The molecule has 2 rings (SSSR count). The first-order chi connectivity index (χ1) is 8.31. The molecule has 0 aromatic heterocycles. The molecule has 0 spiro atoms. The van der Waals surface area contributed by atoms with Gasteiger partial charge in [0.15, 0.2) is 0 Å². The van der Waals surface area contributed by atoms with E-state index in [2.05, 4.69) is 76.3 Å². The number of nitrogens with zero attached hydrogens (tertiary/aromatic N) is 1. The Hall–Kier alpha value is -1.28. The van der Waals surface area contributed by atoms with E-state index in [0.29, 0.717) is 0 Å². The van der Waals surface area contributed by atoms with Crippen LogP contribution in [-0.2, 0) is 6.54 Å². The van der Waals surface area contributed by atoms with Gasteiger partial charge in [-0.1, -0.05) is 52.3 Å². The van der Waals surface area contributed by atoms with Gasteiger partial charge in [0, 0.05) is 23.2 Å². The van der Waals surface area contributed by atoms with Crippen LogP contribution in [-0.4, -0.2) is 6.54 Å². The van der Waals surface area contributed by atoms with Crippen LogP contribution < -0.4 is 4.90 Å². The first-order valence-electron chi connectivity index (χ1n) is 5.84. The third kappa shape index (κ3) is 3.10. The van der Waals surface area contributed by atoms with E-state index >= 15 is 0 Å². The van der Waals surface area contributed by atoms with Gasteiger partial charge in [-0.15, -0.1) is 0 Å². The zero-order valence-electron chi connectivity index (χ0n) is 9.94. The predicted molar refractivity (Wildman–Crippen MR) is 77.3 cm³/mol. The van der Waals surface area contributed by atoms with Gasteiger partial charge in [0.2, 0.25) is 0 Å². The van der Waals surface area contributed by atoms with E-state index in [-0.39, 0.29) is 0 Å². The molecule has 2 aromatic rings. The molecule has 17 heavy (non-hydrogen) atoms. The van der Waals surface area contributed by atoms with E-state index in [1.807, 2.05) is 6.07 Å². The molecule has 0 radical (unpaired) electrons. The average molecular weight is 290 g/mol. The molecule has 0 aliphatic rings. The van der Waals surface area contributed by atoms with E-state index in [0.717, 1.165) is 13.1 Å². The Bertz CT molecular complexity index is 467. The van der Waals surface area contributed by atoms with Crippen molar-refractivity contribution in [1.29, 1.82) is 0 Å². The Morgan fingerprint density at radius 3 is 2.24 bits per heavy atom. The zero-order chi connectivity index (χ0) is 12.1. The summed E-state index contributed by atoms with van der Waals surface area (Å²) in [6.45, 7) is 4.12. The zero-order valence-corrected chi connectivity index (χ0v) is 11.5. The smallest absolute Gasteiger partial charge is 0.0440 e. The van der Waals surface area contributed by atoms with Crippen LogP contribution in [0.2, 0.25) is 0 Å². The maximum absolute atomic E-state index is 3.60. The minimum absolute atomic E-state index is 0.932. The SMILES string of the molecule is CCN(Cc1ccccc1Br)c1ccccc1. The number of para-hydroxylation sites is 1. The Kier molecular flexibility index (Phi) is 4.21. The lowest BCUT2D eigenvalue weighted by Crippen LogP contribution is -2.22. The quantitative estimate of drug-likeness (QED) is 0.802. The Morgan fingerprint density at radius 1 is 0.941 bits per heavy atom. The largest absolute Gasteiger partial charge is 0.367 e. The van der Waals surface area contributed by atoms with Gasteiger partial charge in [-0.05, 0) is 30.7 Å². The number of hydrogen-bond donors (Lipinski definition) is 0. The molecule has 0 unspecified atom stereocenters. The van der Waals surface area contributed by atoms with Crippen molar-refractivity contribution in [3.8, 4) is 0 Å². The van der Waals surface area contributed by atoms with Crippen molar-refractivity contribution in [1.82, 2.24) is 0 Å². The van der Waals surface area contributed by atoms with Gasteiger partial charge < -0.3 is 4.90 Å². The van der Waals surface area contributed by atoms with E-state index in [1.54, 1.807) is 0 Å². The molecule has 0 N–H and O–H groups in total. The van der Waals surface area contributed by atoms with Crippen LogP contribution in [0.1, 0.15) is 12.5 Å². The topological polar surface area (TPSA) is 3.24 Å². The molecule has 88 valence electrons. The molecule has 0 fully saturated rings. The second-order valence-electron chi connectivity index (χ2n) is 3.94. The van der Waals surface area contributed by atoms with Crippen LogP contribution in [0.3, 0.4) is 0 Å². The summed E-state index contributed by atoms with van der Waals surface area (Å²) in [7, 11) is 0. The fourth-order valence-electron chi connectivity index (χ4n) is 1.86. The summed E-state index contributed by atoms with van der Waals surface area (Å²) in [5.41, 5.74) is 2.59. The van der Waals surface area contributed by atoms with Gasteiger partial charge in [0.25, 0.3) is 0 Å². The lowest BCUT2D eigenvalue weighted by Gasteiger charge is -2.23. The maximum atomic E-state index is 3.60. The number of anilines is 1. The fraction of sp³-hybridized carbons (Fsp3) is 0.200. The molecule has 2 aromatic carbocycles. The van der Waals surface area contributed by atoms with Gasteiger partial charge in [0.05, 0.1) is 0 Å². The monoisotopic (exact) mass is 289 g/mol. The first-order valence-corrected chi connectivity index (χ1v) is 6.64. The maximum Gasteiger partial charge on any atom is 0.0440 e. The molecule has 0 bridgehead atoms. The summed E-state index contributed by atoms with van der Waals surface area (Å²) in [5.74, 6) is 0. The van der Waals surface area contributed by atoms with Crippen molar-refractivity contribution in [2.45, 2.75) is 13.5 Å². The molecule has 2 heteroatoms. The highest BCUT2D eigenvalue weighted by molar-refractivity contribution is 9.10. The average Bonchev–Trinajstić information content (AvgIpc) is 2.39. The summed E-state index contributed by atoms with van der Waals surface area (Å²) in [5, 5.41) is 0. The Morgan fingerprint density at radius 2 is 1.59 bits per heavy atom. The number of benzene rings is 2. The number of halogens is 1. The molecular formula is C15H16BrN. The second-order valence-corrected chi connectivity index (χ2v) is 4.80. The summed E-state index contributed by atoms with van der Waals surface area (Å²) in [6.07, 6.45) is 0. The van der Waals surface area contributed by atoms with Crippen LogP contribution in [0.15, 0.2) is 59.1 Å². The van der Waals surface area contributed by atoms with Crippen molar-refractivity contribution in [3.63, 3.8) is 0 Å². The molecule has 0 aliphatic carbocycles. The summed E-state index contributed by atoms with van der Waals surface area (Å²) in [6, 6.07) is 18.9. The molecule has 0 saturated carbocycles. The van der Waals surface area contributed by atoms with Gasteiger partial charge >= 0.3 is 0 Å². The van der Waals surface area contributed by atoms with Crippen LogP contribution in [0.25, 0.3) is 0 Å². The van der Waals surface area contributed by atoms with Gasteiger partial charge in [0.1, 0.15) is 0 Å².